The fourth-order valence-electron chi connectivity index (χ4n) is 4.41. The van der Waals surface area contributed by atoms with Crippen LogP contribution in [0.1, 0.15) is 29.7 Å². The number of allylic oxidation sites excluding steroid dienone is 1. The highest BCUT2D eigenvalue weighted by Gasteiger charge is 2.45. The van der Waals surface area contributed by atoms with Crippen LogP contribution in [-0.2, 0) is 15.3 Å². The Morgan fingerprint density at radius 1 is 1.10 bits per heavy atom. The molecule has 0 bridgehead atoms. The average Bonchev–Trinajstić information content (AvgIpc) is 3.58. The minimum absolute atomic E-state index is 0.0888. The number of nitrogens with zero attached hydrogens (tertiary/aromatic N) is 3. The Kier molecular flexibility index (Phi) is 8.99. The van der Waals surface area contributed by atoms with Gasteiger partial charge in [0.2, 0.25) is 5.13 Å². The Bertz CT molecular complexity index is 1650. The molecule has 1 N–H and O–H groups in total. The van der Waals surface area contributed by atoms with Crippen LogP contribution >= 0.6 is 23.1 Å². The summed E-state index contributed by atoms with van der Waals surface area (Å²) >= 11 is 2.53. The number of thioether (sulfide) groups is 1. The van der Waals surface area contributed by atoms with Crippen molar-refractivity contribution in [1.82, 2.24) is 10.2 Å². The summed E-state index contributed by atoms with van der Waals surface area (Å²) in [6.07, 6.45) is 2.96. The van der Waals surface area contributed by atoms with Gasteiger partial charge in [0.15, 0.2) is 27.4 Å². The second kappa shape index (κ2) is 13.0. The lowest BCUT2D eigenvalue weighted by Gasteiger charge is -2.24. The van der Waals surface area contributed by atoms with Crippen molar-refractivity contribution >= 4 is 46.0 Å². The fourth-order valence-corrected chi connectivity index (χ4v) is 6.23. The van der Waals surface area contributed by atoms with Crippen molar-refractivity contribution in [2.45, 2.75) is 23.1 Å². The van der Waals surface area contributed by atoms with Crippen molar-refractivity contribution in [3.63, 3.8) is 0 Å². The molecule has 214 valence electrons. The number of aromatic nitrogens is 2. The van der Waals surface area contributed by atoms with E-state index in [4.69, 9.17) is 9.47 Å². The van der Waals surface area contributed by atoms with E-state index in [0.29, 0.717) is 33.8 Å². The predicted molar refractivity (Wildman–Crippen MR) is 160 cm³/mol. The van der Waals surface area contributed by atoms with Gasteiger partial charge in [0.05, 0.1) is 25.3 Å². The largest absolute Gasteiger partial charge is 0.503 e. The fraction of sp³-hybridized carbons (Fsp3) is 0.161. The van der Waals surface area contributed by atoms with Crippen LogP contribution in [0, 0.1) is 5.82 Å². The minimum atomic E-state index is -1.00. The maximum Gasteiger partial charge on any atom is 0.296 e. The number of amides is 1. The lowest BCUT2D eigenvalue weighted by Crippen LogP contribution is -2.30. The molecule has 42 heavy (non-hydrogen) atoms. The van der Waals surface area contributed by atoms with Crippen LogP contribution < -0.4 is 14.4 Å². The van der Waals surface area contributed by atoms with Gasteiger partial charge >= 0.3 is 0 Å². The van der Waals surface area contributed by atoms with Crippen LogP contribution in [0.4, 0.5) is 9.52 Å². The quantitative estimate of drug-likeness (QED) is 0.117. The molecule has 0 aliphatic carbocycles. The summed E-state index contributed by atoms with van der Waals surface area (Å²) in [7, 11) is 1.50. The smallest absolute Gasteiger partial charge is 0.296 e. The Balaban J connectivity index is 1.50. The summed E-state index contributed by atoms with van der Waals surface area (Å²) in [5.74, 6) is -0.849. The van der Waals surface area contributed by atoms with Gasteiger partial charge in [-0.05, 0) is 54.0 Å². The number of rotatable bonds is 11. The summed E-state index contributed by atoms with van der Waals surface area (Å²) in [6, 6.07) is 19.5. The zero-order chi connectivity index (χ0) is 29.6. The number of aliphatic hydroxyl groups excluding tert-OH is 1. The van der Waals surface area contributed by atoms with Crippen molar-refractivity contribution in [2.24, 2.45) is 0 Å². The Hall–Kier alpha value is -4.48. The number of halogens is 1. The standard InChI is InChI=1S/C31H26FN3O5S2/c1-3-40-24-16-12-21(17-25(24)39-2)27-26(23(36)15-11-19-7-5-4-6-8-19)28(37)29(38)35(27)30-33-34-31(42-30)41-18-20-9-13-22(32)14-10-20/h4-17,27,37H,3,18H2,1-2H3/b15-11+. The van der Waals surface area contributed by atoms with Crippen LogP contribution in [-0.4, -0.2) is 40.7 Å². The number of hydrogen-bond acceptors (Lipinski definition) is 9. The normalized spacial score (nSPS) is 15.1. The van der Waals surface area contributed by atoms with E-state index in [1.54, 1.807) is 36.4 Å². The van der Waals surface area contributed by atoms with Gasteiger partial charge in [-0.1, -0.05) is 77.7 Å². The molecule has 1 atom stereocenters. The van der Waals surface area contributed by atoms with Crippen molar-refractivity contribution in [2.75, 3.05) is 18.6 Å². The maximum atomic E-state index is 13.5. The summed E-state index contributed by atoms with van der Waals surface area (Å²) in [5.41, 5.74) is 2.11. The molecule has 0 fully saturated rings. The first-order valence-electron chi connectivity index (χ1n) is 12.9. The molecule has 1 aliphatic rings. The first-order chi connectivity index (χ1) is 20.4. The van der Waals surface area contributed by atoms with Crippen molar-refractivity contribution < 1.29 is 28.6 Å². The molecule has 0 radical (unpaired) electrons. The molecule has 1 unspecified atom stereocenters. The summed E-state index contributed by atoms with van der Waals surface area (Å²) in [5, 5.41) is 19.7. The third kappa shape index (κ3) is 6.22. The number of ether oxygens (including phenoxy) is 2. The van der Waals surface area contributed by atoms with Crippen LogP contribution in [0.3, 0.4) is 0 Å². The first kappa shape index (κ1) is 29.0. The molecule has 0 spiro atoms. The second-order valence-electron chi connectivity index (χ2n) is 9.06. The molecular formula is C31H26FN3O5S2. The topological polar surface area (TPSA) is 102 Å². The number of ketones is 1. The lowest BCUT2D eigenvalue weighted by molar-refractivity contribution is -0.117. The van der Waals surface area contributed by atoms with Gasteiger partial charge in [-0.3, -0.25) is 14.5 Å². The van der Waals surface area contributed by atoms with E-state index in [9.17, 15) is 19.1 Å². The molecule has 5 rings (SSSR count). The SMILES string of the molecule is CCOc1ccc(C2C(C(=O)/C=C/c3ccccc3)=C(O)C(=O)N2c2nnc(SCc3ccc(F)cc3)s2)cc1OC. The van der Waals surface area contributed by atoms with Gasteiger partial charge in [-0.25, -0.2) is 4.39 Å². The number of anilines is 1. The number of benzene rings is 3. The molecule has 1 aliphatic heterocycles. The summed E-state index contributed by atoms with van der Waals surface area (Å²) < 4.78 is 25.0. The molecule has 4 aromatic rings. The first-order valence-corrected chi connectivity index (χ1v) is 14.8. The van der Waals surface area contributed by atoms with Gasteiger partial charge in [0.1, 0.15) is 5.82 Å². The number of aliphatic hydroxyl groups is 1. The molecule has 8 nitrogen and oxygen atoms in total. The predicted octanol–water partition coefficient (Wildman–Crippen LogP) is 6.56. The van der Waals surface area contributed by atoms with Gasteiger partial charge < -0.3 is 14.6 Å². The molecule has 1 aromatic heterocycles. The third-order valence-electron chi connectivity index (χ3n) is 6.38. The summed E-state index contributed by atoms with van der Waals surface area (Å²) in [4.78, 5) is 28.3. The molecule has 0 saturated heterocycles. The highest BCUT2D eigenvalue weighted by Crippen LogP contribution is 2.45. The molecule has 0 saturated carbocycles. The van der Waals surface area contributed by atoms with Crippen LogP contribution in [0.25, 0.3) is 6.08 Å². The van der Waals surface area contributed by atoms with Gasteiger partial charge in [-0.15, -0.1) is 10.2 Å². The number of methoxy groups -OCH3 is 1. The van der Waals surface area contributed by atoms with Crippen LogP contribution in [0.15, 0.2) is 94.5 Å². The average molecular weight is 604 g/mol. The van der Waals surface area contributed by atoms with E-state index in [0.717, 1.165) is 22.5 Å². The van der Waals surface area contributed by atoms with Crippen molar-refractivity contribution in [3.8, 4) is 11.5 Å². The van der Waals surface area contributed by atoms with Gasteiger partial charge in [0, 0.05) is 5.75 Å². The third-order valence-corrected chi connectivity index (χ3v) is 8.51. The number of carbonyl (C=O) groups excluding carboxylic acids is 2. The van der Waals surface area contributed by atoms with Crippen molar-refractivity contribution in [3.05, 3.63) is 113 Å². The van der Waals surface area contributed by atoms with Crippen molar-refractivity contribution in [1.29, 1.82) is 0 Å². The zero-order valence-electron chi connectivity index (χ0n) is 22.7. The van der Waals surface area contributed by atoms with Crippen LogP contribution in [0.5, 0.6) is 11.5 Å². The Morgan fingerprint density at radius 2 is 1.86 bits per heavy atom. The number of carbonyl (C=O) groups is 2. The minimum Gasteiger partial charge on any atom is -0.503 e. The Morgan fingerprint density at radius 3 is 2.57 bits per heavy atom. The molecular weight excluding hydrogens is 577 g/mol. The highest BCUT2D eigenvalue weighted by atomic mass is 32.2. The van der Waals surface area contributed by atoms with Gasteiger partial charge in [0.25, 0.3) is 5.91 Å². The van der Waals surface area contributed by atoms with Gasteiger partial charge in [-0.2, -0.15) is 0 Å². The zero-order valence-corrected chi connectivity index (χ0v) is 24.3. The molecule has 1 amide bonds. The second-order valence-corrected chi connectivity index (χ2v) is 11.2. The highest BCUT2D eigenvalue weighted by molar-refractivity contribution is 8.00. The molecule has 3 aromatic carbocycles. The Labute approximate surface area is 250 Å². The molecule has 2 heterocycles. The van der Waals surface area contributed by atoms with E-state index in [1.165, 1.54) is 42.0 Å². The monoisotopic (exact) mass is 603 g/mol. The van der Waals surface area contributed by atoms with E-state index in [1.807, 2.05) is 37.3 Å². The maximum absolute atomic E-state index is 13.5. The number of hydrogen-bond donors (Lipinski definition) is 1. The van der Waals surface area contributed by atoms with E-state index in [-0.39, 0.29) is 16.5 Å². The summed E-state index contributed by atoms with van der Waals surface area (Å²) in [6.45, 7) is 2.27. The van der Waals surface area contributed by atoms with Crippen LogP contribution in [0.2, 0.25) is 0 Å². The van der Waals surface area contributed by atoms with E-state index in [2.05, 4.69) is 10.2 Å². The molecule has 11 heteroatoms. The lowest BCUT2D eigenvalue weighted by atomic mass is 9.95. The van der Waals surface area contributed by atoms with E-state index >= 15 is 0 Å². The van der Waals surface area contributed by atoms with E-state index < -0.39 is 23.5 Å².